The van der Waals surface area contributed by atoms with Crippen molar-refractivity contribution in [2.45, 2.75) is 49.1 Å². The second kappa shape index (κ2) is 8.67. The van der Waals surface area contributed by atoms with Crippen LogP contribution in [0.1, 0.15) is 41.1 Å². The lowest BCUT2D eigenvalue weighted by molar-refractivity contribution is -0.0543. The SMILES string of the molecule is CC[C@@]1(C)Cc2c(sc3nc(SC)nc(SCC(=O)c4ccc(Br)cc4)c23)CO1. The molecule has 0 aliphatic carbocycles. The van der Waals surface area contributed by atoms with Crippen molar-refractivity contribution >= 4 is 66.8 Å². The van der Waals surface area contributed by atoms with Crippen molar-refractivity contribution in [1.29, 1.82) is 0 Å². The van der Waals surface area contributed by atoms with Crippen LogP contribution in [-0.4, -0.2) is 33.4 Å². The molecule has 0 saturated carbocycles. The normalized spacial score (nSPS) is 18.8. The zero-order valence-electron chi connectivity index (χ0n) is 16.5. The van der Waals surface area contributed by atoms with Crippen LogP contribution in [-0.2, 0) is 17.8 Å². The Kier molecular flexibility index (Phi) is 6.37. The summed E-state index contributed by atoms with van der Waals surface area (Å²) in [6, 6.07) is 7.50. The minimum atomic E-state index is -0.158. The number of carbonyl (C=O) groups excluding carboxylic acids is 1. The molecule has 8 heteroatoms. The maximum absolute atomic E-state index is 12.7. The molecule has 0 spiro atoms. The monoisotopic (exact) mass is 508 g/mol. The Balaban J connectivity index is 1.68. The molecule has 0 radical (unpaired) electrons. The maximum Gasteiger partial charge on any atom is 0.189 e. The molecule has 0 unspecified atom stereocenters. The molecule has 0 N–H and O–H groups in total. The molecule has 1 atom stereocenters. The standard InChI is InChI=1S/C21H21BrN2O2S3/c1-4-21(2)9-14-16(10-26-21)29-19-17(14)18(23-20(24-19)27-3)28-11-15(25)12-5-7-13(22)8-6-12/h5-8H,4,9-11H2,1-3H3/t21-/m0/s1. The second-order valence-corrected chi connectivity index (χ2v) is 10.9. The van der Waals surface area contributed by atoms with Gasteiger partial charge in [0, 0.05) is 26.7 Å². The minimum absolute atomic E-state index is 0.103. The highest BCUT2D eigenvalue weighted by atomic mass is 79.9. The summed E-state index contributed by atoms with van der Waals surface area (Å²) in [5, 5.41) is 2.76. The number of rotatable bonds is 6. The fourth-order valence-corrected chi connectivity index (χ4v) is 6.16. The number of carbonyl (C=O) groups is 1. The van der Waals surface area contributed by atoms with E-state index in [9.17, 15) is 4.79 Å². The Morgan fingerprint density at radius 1 is 1.31 bits per heavy atom. The molecule has 1 aliphatic heterocycles. The van der Waals surface area contributed by atoms with Gasteiger partial charge in [0.2, 0.25) is 0 Å². The Hall–Kier alpha value is -0.930. The van der Waals surface area contributed by atoms with E-state index in [1.165, 1.54) is 34.0 Å². The van der Waals surface area contributed by atoms with Crippen molar-refractivity contribution < 1.29 is 9.53 Å². The molecule has 3 aromatic rings. The fraction of sp³-hybridized carbons (Fsp3) is 0.381. The molecule has 0 fully saturated rings. The van der Waals surface area contributed by atoms with E-state index in [2.05, 4.69) is 29.8 Å². The number of nitrogens with zero attached hydrogens (tertiary/aromatic N) is 2. The van der Waals surface area contributed by atoms with E-state index < -0.39 is 0 Å². The predicted molar refractivity (Wildman–Crippen MR) is 126 cm³/mol. The molecule has 2 aromatic heterocycles. The number of hydrogen-bond donors (Lipinski definition) is 0. The van der Waals surface area contributed by atoms with Gasteiger partial charge in [-0.1, -0.05) is 58.5 Å². The molecular weight excluding hydrogens is 488 g/mol. The molecule has 0 bridgehead atoms. The van der Waals surface area contributed by atoms with Crippen LogP contribution in [0.15, 0.2) is 38.9 Å². The lowest BCUT2D eigenvalue weighted by atomic mass is 9.90. The lowest BCUT2D eigenvalue weighted by Gasteiger charge is -2.33. The quantitative estimate of drug-likeness (QED) is 0.166. The summed E-state index contributed by atoms with van der Waals surface area (Å²) < 4.78 is 7.09. The Morgan fingerprint density at radius 3 is 2.76 bits per heavy atom. The van der Waals surface area contributed by atoms with E-state index in [4.69, 9.17) is 14.7 Å². The number of halogens is 1. The van der Waals surface area contributed by atoms with Crippen molar-refractivity contribution in [3.05, 3.63) is 44.7 Å². The van der Waals surface area contributed by atoms with Gasteiger partial charge in [0.05, 0.1) is 18.0 Å². The molecule has 3 heterocycles. The summed E-state index contributed by atoms with van der Waals surface area (Å²) in [7, 11) is 0. The van der Waals surface area contributed by atoms with E-state index in [0.29, 0.717) is 12.4 Å². The van der Waals surface area contributed by atoms with E-state index in [1.807, 2.05) is 30.5 Å². The van der Waals surface area contributed by atoms with Crippen molar-refractivity contribution in [2.24, 2.45) is 0 Å². The van der Waals surface area contributed by atoms with E-state index >= 15 is 0 Å². The van der Waals surface area contributed by atoms with Crippen LogP contribution < -0.4 is 0 Å². The second-order valence-electron chi connectivity index (χ2n) is 7.19. The van der Waals surface area contributed by atoms with Crippen molar-refractivity contribution in [1.82, 2.24) is 9.97 Å². The number of fused-ring (bicyclic) bond motifs is 3. The van der Waals surface area contributed by atoms with Crippen LogP contribution >= 0.6 is 50.8 Å². The van der Waals surface area contributed by atoms with Crippen LogP contribution in [0.2, 0.25) is 0 Å². The highest BCUT2D eigenvalue weighted by molar-refractivity contribution is 9.10. The maximum atomic E-state index is 12.7. The number of Topliss-reactive ketones (excluding diaryl/α,β-unsaturated/α-hetero) is 1. The number of benzene rings is 1. The van der Waals surface area contributed by atoms with Gasteiger partial charge in [-0.2, -0.15) is 0 Å². The molecule has 1 aromatic carbocycles. The van der Waals surface area contributed by atoms with Crippen molar-refractivity contribution in [3.63, 3.8) is 0 Å². The van der Waals surface area contributed by atoms with Crippen molar-refractivity contribution in [2.75, 3.05) is 12.0 Å². The molecule has 4 rings (SSSR count). The Labute approximate surface area is 191 Å². The molecule has 0 saturated heterocycles. The third-order valence-corrected chi connectivity index (χ3v) is 8.37. The van der Waals surface area contributed by atoms with Gasteiger partial charge in [0.25, 0.3) is 0 Å². The van der Waals surface area contributed by atoms with E-state index in [-0.39, 0.29) is 11.4 Å². The predicted octanol–water partition coefficient (Wildman–Crippen LogP) is 6.39. The van der Waals surface area contributed by atoms with Crippen LogP contribution in [0.3, 0.4) is 0 Å². The first-order valence-corrected chi connectivity index (χ1v) is 13.2. The first-order chi connectivity index (χ1) is 13.9. The average Bonchev–Trinajstić information content (AvgIpc) is 3.09. The van der Waals surface area contributed by atoms with Gasteiger partial charge >= 0.3 is 0 Å². The summed E-state index contributed by atoms with van der Waals surface area (Å²) >= 11 is 8.15. The first-order valence-electron chi connectivity index (χ1n) is 9.34. The van der Waals surface area contributed by atoms with Crippen LogP contribution in [0.5, 0.6) is 0 Å². The van der Waals surface area contributed by atoms with E-state index in [1.54, 1.807) is 11.3 Å². The summed E-state index contributed by atoms with van der Waals surface area (Å²) in [6.07, 6.45) is 3.79. The van der Waals surface area contributed by atoms with E-state index in [0.717, 1.165) is 43.3 Å². The number of aromatic nitrogens is 2. The summed E-state index contributed by atoms with van der Waals surface area (Å²) in [5.41, 5.74) is 1.86. The molecule has 4 nitrogen and oxygen atoms in total. The zero-order chi connectivity index (χ0) is 20.6. The molecule has 29 heavy (non-hydrogen) atoms. The van der Waals surface area contributed by atoms with Crippen LogP contribution in [0.25, 0.3) is 10.2 Å². The number of thiophene rings is 1. The summed E-state index contributed by atoms with van der Waals surface area (Å²) in [6.45, 7) is 4.95. The highest BCUT2D eigenvalue weighted by Gasteiger charge is 2.33. The van der Waals surface area contributed by atoms with Gasteiger partial charge in [0.1, 0.15) is 9.86 Å². The van der Waals surface area contributed by atoms with Gasteiger partial charge in [-0.05, 0) is 37.3 Å². The summed E-state index contributed by atoms with van der Waals surface area (Å²) in [4.78, 5) is 24.4. The third kappa shape index (κ3) is 4.42. The molecule has 1 aliphatic rings. The summed E-state index contributed by atoms with van der Waals surface area (Å²) in [5.74, 6) is 0.457. The van der Waals surface area contributed by atoms with Gasteiger partial charge in [-0.3, -0.25) is 4.79 Å². The lowest BCUT2D eigenvalue weighted by Crippen LogP contribution is -2.33. The Bertz CT molecular complexity index is 1070. The largest absolute Gasteiger partial charge is 0.369 e. The van der Waals surface area contributed by atoms with Gasteiger partial charge < -0.3 is 4.74 Å². The number of ketones is 1. The van der Waals surface area contributed by atoms with Crippen molar-refractivity contribution in [3.8, 4) is 0 Å². The molecule has 0 amide bonds. The number of hydrogen-bond acceptors (Lipinski definition) is 7. The molecule has 152 valence electrons. The van der Waals surface area contributed by atoms with Crippen LogP contribution in [0.4, 0.5) is 0 Å². The highest BCUT2D eigenvalue weighted by Crippen LogP contribution is 2.43. The smallest absolute Gasteiger partial charge is 0.189 e. The Morgan fingerprint density at radius 2 is 2.07 bits per heavy atom. The first kappa shape index (κ1) is 21.3. The van der Waals surface area contributed by atoms with Gasteiger partial charge in [-0.25, -0.2) is 9.97 Å². The topological polar surface area (TPSA) is 52.1 Å². The van der Waals surface area contributed by atoms with Gasteiger partial charge in [0.15, 0.2) is 10.9 Å². The average molecular weight is 510 g/mol. The van der Waals surface area contributed by atoms with Gasteiger partial charge in [-0.15, -0.1) is 11.3 Å². The molecular formula is C21H21BrN2O2S3. The van der Waals surface area contributed by atoms with Crippen LogP contribution in [0, 0.1) is 0 Å². The number of ether oxygens (including phenoxy) is 1. The zero-order valence-corrected chi connectivity index (χ0v) is 20.5. The third-order valence-electron chi connectivity index (χ3n) is 5.22. The number of thioether (sulfide) groups is 2. The minimum Gasteiger partial charge on any atom is -0.369 e. The fourth-order valence-electron chi connectivity index (χ4n) is 3.30.